The maximum atomic E-state index is 10.8. The minimum absolute atomic E-state index is 0.0823. The van der Waals surface area contributed by atoms with Crippen molar-refractivity contribution in [3.63, 3.8) is 0 Å². The fraction of sp³-hybridized carbons (Fsp3) is 0.400. The predicted molar refractivity (Wildman–Crippen MR) is 100 cm³/mol. The molecule has 0 radical (unpaired) electrons. The van der Waals surface area contributed by atoms with Gasteiger partial charge in [0, 0.05) is 25.2 Å². The molecule has 2 heterocycles. The number of aliphatic carboxylic acids is 1. The van der Waals surface area contributed by atoms with E-state index in [-0.39, 0.29) is 6.54 Å². The van der Waals surface area contributed by atoms with E-state index in [1.165, 1.54) is 4.68 Å². The van der Waals surface area contributed by atoms with E-state index in [1.54, 1.807) is 13.3 Å². The first-order valence-electron chi connectivity index (χ1n) is 8.92. The molecule has 138 valence electrons. The van der Waals surface area contributed by atoms with E-state index in [0.717, 1.165) is 49.5 Å². The number of benzene rings is 1. The number of likely N-dealkylation sites (tertiary alicyclic amines) is 1. The van der Waals surface area contributed by atoms with Gasteiger partial charge in [0.2, 0.25) is 0 Å². The van der Waals surface area contributed by atoms with Crippen molar-refractivity contribution < 1.29 is 14.6 Å². The lowest BCUT2D eigenvalue weighted by Gasteiger charge is -2.31. The van der Waals surface area contributed by atoms with Crippen LogP contribution in [0.25, 0.3) is 6.08 Å². The van der Waals surface area contributed by atoms with Crippen molar-refractivity contribution in [2.75, 3.05) is 26.7 Å². The van der Waals surface area contributed by atoms with Crippen LogP contribution in [0.5, 0.6) is 5.75 Å². The molecule has 1 atom stereocenters. The molecule has 1 aromatic heterocycles. The molecule has 0 amide bonds. The van der Waals surface area contributed by atoms with E-state index < -0.39 is 5.97 Å². The van der Waals surface area contributed by atoms with Crippen molar-refractivity contribution in [3.8, 4) is 5.75 Å². The minimum atomic E-state index is -0.867. The van der Waals surface area contributed by atoms with Gasteiger partial charge >= 0.3 is 5.97 Å². The summed E-state index contributed by atoms with van der Waals surface area (Å²) >= 11 is 0. The molecule has 1 aromatic carbocycles. The van der Waals surface area contributed by atoms with Gasteiger partial charge in [-0.05, 0) is 43.1 Å². The highest BCUT2D eigenvalue weighted by molar-refractivity contribution is 5.66. The van der Waals surface area contributed by atoms with E-state index in [2.05, 4.69) is 22.2 Å². The second-order valence-corrected chi connectivity index (χ2v) is 6.61. The number of ether oxygens (including phenoxy) is 1. The highest BCUT2D eigenvalue weighted by Crippen LogP contribution is 2.25. The standard InChI is InChI=1S/C20H25N3O3/c1-26-18-8-6-16(7-9-18)4-2-11-22-12-3-5-17(14-22)19-10-13-23(21-19)15-20(24)25/h2,4,6-10,13,17H,3,5,11-12,14-15H2,1H3,(H,24,25)/b4-2+/t17-/m0/s1. The molecule has 0 saturated carbocycles. The summed E-state index contributed by atoms with van der Waals surface area (Å²) in [4.78, 5) is 13.2. The number of hydrogen-bond donors (Lipinski definition) is 1. The normalized spacial score (nSPS) is 18.3. The van der Waals surface area contributed by atoms with Crippen LogP contribution in [-0.2, 0) is 11.3 Å². The molecule has 1 saturated heterocycles. The molecule has 2 aromatic rings. The first-order valence-corrected chi connectivity index (χ1v) is 8.92. The Balaban J connectivity index is 1.53. The van der Waals surface area contributed by atoms with E-state index >= 15 is 0 Å². The largest absolute Gasteiger partial charge is 0.497 e. The fourth-order valence-electron chi connectivity index (χ4n) is 3.34. The molecule has 1 N–H and O–H groups in total. The van der Waals surface area contributed by atoms with Crippen molar-refractivity contribution in [3.05, 3.63) is 53.9 Å². The van der Waals surface area contributed by atoms with Gasteiger partial charge in [-0.25, -0.2) is 0 Å². The van der Waals surface area contributed by atoms with E-state index in [9.17, 15) is 4.79 Å². The van der Waals surface area contributed by atoms with Gasteiger partial charge in [0.15, 0.2) is 0 Å². The third kappa shape index (κ3) is 4.95. The number of aromatic nitrogens is 2. The summed E-state index contributed by atoms with van der Waals surface area (Å²) in [5.74, 6) is 0.366. The Hall–Kier alpha value is -2.60. The van der Waals surface area contributed by atoms with Crippen LogP contribution in [-0.4, -0.2) is 52.5 Å². The summed E-state index contributed by atoms with van der Waals surface area (Å²) in [5, 5.41) is 13.3. The van der Waals surface area contributed by atoms with Gasteiger partial charge in [-0.15, -0.1) is 0 Å². The number of nitrogens with zero attached hydrogens (tertiary/aromatic N) is 3. The van der Waals surface area contributed by atoms with Gasteiger partial charge in [0.25, 0.3) is 0 Å². The van der Waals surface area contributed by atoms with Gasteiger partial charge < -0.3 is 9.84 Å². The number of carboxylic acid groups (broad SMARTS) is 1. The summed E-state index contributed by atoms with van der Waals surface area (Å²) in [6, 6.07) is 9.96. The number of carbonyl (C=O) groups is 1. The first-order chi connectivity index (χ1) is 12.6. The Morgan fingerprint density at radius 2 is 2.15 bits per heavy atom. The molecule has 1 aliphatic heterocycles. The van der Waals surface area contributed by atoms with Crippen LogP contribution in [0.1, 0.15) is 30.0 Å². The third-order valence-corrected chi connectivity index (χ3v) is 4.67. The molecule has 0 aliphatic carbocycles. The lowest BCUT2D eigenvalue weighted by molar-refractivity contribution is -0.137. The van der Waals surface area contributed by atoms with Gasteiger partial charge in [-0.2, -0.15) is 5.10 Å². The summed E-state index contributed by atoms with van der Waals surface area (Å²) in [5.41, 5.74) is 2.15. The van der Waals surface area contributed by atoms with Crippen LogP contribution in [0.2, 0.25) is 0 Å². The Bertz CT molecular complexity index is 752. The van der Waals surface area contributed by atoms with Crippen LogP contribution >= 0.6 is 0 Å². The fourth-order valence-corrected chi connectivity index (χ4v) is 3.34. The molecule has 6 heteroatoms. The quantitative estimate of drug-likeness (QED) is 0.827. The number of piperidine rings is 1. The van der Waals surface area contributed by atoms with Crippen molar-refractivity contribution in [1.82, 2.24) is 14.7 Å². The van der Waals surface area contributed by atoms with E-state index in [0.29, 0.717) is 5.92 Å². The first kappa shape index (κ1) is 18.2. The molecule has 3 rings (SSSR count). The lowest BCUT2D eigenvalue weighted by atomic mass is 9.95. The van der Waals surface area contributed by atoms with Crippen molar-refractivity contribution in [2.24, 2.45) is 0 Å². The zero-order valence-electron chi connectivity index (χ0n) is 15.0. The van der Waals surface area contributed by atoms with Gasteiger partial charge in [0.1, 0.15) is 12.3 Å². The van der Waals surface area contributed by atoms with Crippen molar-refractivity contribution in [1.29, 1.82) is 0 Å². The van der Waals surface area contributed by atoms with Crippen LogP contribution in [0.4, 0.5) is 0 Å². The Kier molecular flexibility index (Phi) is 6.07. The maximum Gasteiger partial charge on any atom is 0.325 e. The molecule has 0 spiro atoms. The Morgan fingerprint density at radius 1 is 1.35 bits per heavy atom. The smallest absolute Gasteiger partial charge is 0.325 e. The van der Waals surface area contributed by atoms with Crippen LogP contribution in [0.3, 0.4) is 0 Å². The van der Waals surface area contributed by atoms with Crippen LogP contribution in [0.15, 0.2) is 42.6 Å². The van der Waals surface area contributed by atoms with Gasteiger partial charge in [-0.1, -0.05) is 24.3 Å². The summed E-state index contributed by atoms with van der Waals surface area (Å²) in [6.45, 7) is 2.86. The van der Waals surface area contributed by atoms with E-state index in [4.69, 9.17) is 9.84 Å². The lowest BCUT2D eigenvalue weighted by Crippen LogP contribution is -2.34. The number of rotatable bonds is 7. The second kappa shape index (κ2) is 8.67. The molecule has 0 bridgehead atoms. The Labute approximate surface area is 153 Å². The molecule has 0 unspecified atom stereocenters. The topological polar surface area (TPSA) is 67.6 Å². The molecule has 1 fully saturated rings. The third-order valence-electron chi connectivity index (χ3n) is 4.67. The van der Waals surface area contributed by atoms with Gasteiger partial charge in [0.05, 0.1) is 12.8 Å². The molecule has 6 nitrogen and oxygen atoms in total. The van der Waals surface area contributed by atoms with E-state index in [1.807, 2.05) is 30.3 Å². The zero-order valence-corrected chi connectivity index (χ0v) is 15.0. The van der Waals surface area contributed by atoms with Crippen LogP contribution in [0, 0.1) is 0 Å². The average Bonchev–Trinajstić information content (AvgIpc) is 3.10. The SMILES string of the molecule is COc1ccc(/C=C/CN2CCC[C@H](c3ccn(CC(=O)O)n3)C2)cc1. The summed E-state index contributed by atoms with van der Waals surface area (Å²) in [7, 11) is 1.67. The van der Waals surface area contributed by atoms with Crippen LogP contribution < -0.4 is 4.74 Å². The number of hydrogen-bond acceptors (Lipinski definition) is 4. The van der Waals surface area contributed by atoms with Crippen molar-refractivity contribution in [2.45, 2.75) is 25.3 Å². The molecular formula is C20H25N3O3. The zero-order chi connectivity index (χ0) is 18.4. The molecule has 1 aliphatic rings. The monoisotopic (exact) mass is 355 g/mol. The minimum Gasteiger partial charge on any atom is -0.497 e. The number of carboxylic acids is 1. The molecule has 26 heavy (non-hydrogen) atoms. The maximum absolute atomic E-state index is 10.8. The second-order valence-electron chi connectivity index (χ2n) is 6.61. The highest BCUT2D eigenvalue weighted by Gasteiger charge is 2.22. The summed E-state index contributed by atoms with van der Waals surface area (Å²) in [6.07, 6.45) is 8.31. The van der Waals surface area contributed by atoms with Gasteiger partial charge in [-0.3, -0.25) is 14.4 Å². The summed E-state index contributed by atoms with van der Waals surface area (Å²) < 4.78 is 6.67. The predicted octanol–water partition coefficient (Wildman–Crippen LogP) is 2.87. The van der Waals surface area contributed by atoms with Crippen molar-refractivity contribution >= 4 is 12.0 Å². The number of methoxy groups -OCH3 is 1. The average molecular weight is 355 g/mol. The molecular weight excluding hydrogens is 330 g/mol. The Morgan fingerprint density at radius 3 is 2.88 bits per heavy atom. The highest BCUT2D eigenvalue weighted by atomic mass is 16.5.